The predicted octanol–water partition coefficient (Wildman–Crippen LogP) is 1.39. The standard InChI is InChI=1S/C11H15N3O3/c1-5(6(2)11(16)17)10(15)12-9-7(3)8(4)13-14-9/h1-4H3,(H,16,17)(H2,12,13,14,15). The molecule has 1 rings (SSSR count). The third-order valence-corrected chi connectivity index (χ3v) is 2.71. The first-order chi connectivity index (χ1) is 7.84. The van der Waals surface area contributed by atoms with Gasteiger partial charge in [0.25, 0.3) is 5.91 Å². The molecule has 17 heavy (non-hydrogen) atoms. The summed E-state index contributed by atoms with van der Waals surface area (Å²) in [7, 11) is 0. The molecular formula is C11H15N3O3. The fourth-order valence-electron chi connectivity index (χ4n) is 1.14. The SMILES string of the molecule is CC(C(=O)O)=C(C)C(=O)Nc1n[nH]c(C)c1C. The second-order valence-electron chi connectivity index (χ2n) is 3.83. The van der Waals surface area contributed by atoms with Crippen LogP contribution in [-0.4, -0.2) is 27.2 Å². The lowest BCUT2D eigenvalue weighted by Crippen LogP contribution is -2.17. The minimum Gasteiger partial charge on any atom is -0.478 e. The van der Waals surface area contributed by atoms with E-state index in [1.807, 2.05) is 13.8 Å². The van der Waals surface area contributed by atoms with Crippen molar-refractivity contribution in [2.45, 2.75) is 27.7 Å². The lowest BCUT2D eigenvalue weighted by Gasteiger charge is -2.05. The molecule has 1 heterocycles. The third-order valence-electron chi connectivity index (χ3n) is 2.71. The average Bonchev–Trinajstić information content (AvgIpc) is 2.58. The number of nitrogens with one attached hydrogen (secondary N) is 2. The molecular weight excluding hydrogens is 222 g/mol. The van der Waals surface area contributed by atoms with Crippen molar-refractivity contribution in [3.63, 3.8) is 0 Å². The molecule has 1 amide bonds. The molecule has 0 aliphatic rings. The molecule has 0 bridgehead atoms. The van der Waals surface area contributed by atoms with Crippen molar-refractivity contribution in [1.82, 2.24) is 10.2 Å². The van der Waals surface area contributed by atoms with Gasteiger partial charge in [0, 0.05) is 22.4 Å². The van der Waals surface area contributed by atoms with E-state index in [1.165, 1.54) is 13.8 Å². The van der Waals surface area contributed by atoms with Crippen LogP contribution in [0.2, 0.25) is 0 Å². The molecule has 0 aliphatic heterocycles. The summed E-state index contributed by atoms with van der Waals surface area (Å²) < 4.78 is 0. The number of aromatic nitrogens is 2. The zero-order chi connectivity index (χ0) is 13.2. The fourth-order valence-corrected chi connectivity index (χ4v) is 1.14. The van der Waals surface area contributed by atoms with Crippen LogP contribution < -0.4 is 5.32 Å². The summed E-state index contributed by atoms with van der Waals surface area (Å²) in [6.07, 6.45) is 0. The van der Waals surface area contributed by atoms with Gasteiger partial charge in [0.05, 0.1) is 0 Å². The number of hydrogen-bond acceptors (Lipinski definition) is 3. The van der Waals surface area contributed by atoms with Gasteiger partial charge in [0.2, 0.25) is 0 Å². The summed E-state index contributed by atoms with van der Waals surface area (Å²) in [6, 6.07) is 0. The largest absolute Gasteiger partial charge is 0.478 e. The summed E-state index contributed by atoms with van der Waals surface area (Å²) in [5.41, 5.74) is 1.88. The quantitative estimate of drug-likeness (QED) is 0.692. The molecule has 0 unspecified atom stereocenters. The second kappa shape index (κ2) is 4.82. The number of nitrogens with zero attached hydrogens (tertiary/aromatic N) is 1. The molecule has 0 saturated carbocycles. The van der Waals surface area contributed by atoms with E-state index in [0.717, 1.165) is 11.3 Å². The molecule has 0 aromatic carbocycles. The first kappa shape index (κ1) is 13.0. The molecule has 92 valence electrons. The van der Waals surface area contributed by atoms with Gasteiger partial charge in [-0.2, -0.15) is 5.10 Å². The molecule has 1 aromatic rings. The fraction of sp³-hybridized carbons (Fsp3) is 0.364. The topological polar surface area (TPSA) is 95.1 Å². The van der Waals surface area contributed by atoms with Gasteiger partial charge >= 0.3 is 5.97 Å². The molecule has 0 saturated heterocycles. The zero-order valence-electron chi connectivity index (χ0n) is 10.2. The van der Waals surface area contributed by atoms with E-state index >= 15 is 0 Å². The smallest absolute Gasteiger partial charge is 0.331 e. The molecule has 0 spiro atoms. The molecule has 0 radical (unpaired) electrons. The molecule has 1 aromatic heterocycles. The monoisotopic (exact) mass is 237 g/mol. The van der Waals surface area contributed by atoms with Crippen LogP contribution in [0.25, 0.3) is 0 Å². The van der Waals surface area contributed by atoms with Gasteiger partial charge in [-0.25, -0.2) is 4.79 Å². The number of H-pyrrole nitrogens is 1. The highest BCUT2D eigenvalue weighted by Gasteiger charge is 2.15. The second-order valence-corrected chi connectivity index (χ2v) is 3.83. The van der Waals surface area contributed by atoms with Crippen molar-refractivity contribution in [2.75, 3.05) is 5.32 Å². The Labute approximate surface area is 98.7 Å². The Hall–Kier alpha value is -2.11. The Morgan fingerprint density at radius 3 is 2.24 bits per heavy atom. The Bertz CT molecular complexity index is 500. The van der Waals surface area contributed by atoms with Crippen LogP contribution >= 0.6 is 0 Å². The summed E-state index contributed by atoms with van der Waals surface area (Å²) in [6.45, 7) is 6.51. The third kappa shape index (κ3) is 2.72. The Balaban J connectivity index is 2.91. The van der Waals surface area contributed by atoms with Crippen LogP contribution in [0.1, 0.15) is 25.1 Å². The van der Waals surface area contributed by atoms with Gasteiger partial charge in [-0.15, -0.1) is 0 Å². The van der Waals surface area contributed by atoms with Gasteiger partial charge in [-0.1, -0.05) is 0 Å². The molecule has 0 atom stereocenters. The van der Waals surface area contributed by atoms with Gasteiger partial charge < -0.3 is 10.4 Å². The number of carboxylic acids is 1. The van der Waals surface area contributed by atoms with Gasteiger partial charge in [0.1, 0.15) is 0 Å². The predicted molar refractivity (Wildman–Crippen MR) is 62.7 cm³/mol. The Kier molecular flexibility index (Phi) is 3.67. The minimum atomic E-state index is -1.10. The van der Waals surface area contributed by atoms with Crippen molar-refractivity contribution in [3.8, 4) is 0 Å². The molecule has 3 N–H and O–H groups in total. The molecule has 6 nitrogen and oxygen atoms in total. The number of carboxylic acid groups (broad SMARTS) is 1. The van der Waals surface area contributed by atoms with E-state index in [2.05, 4.69) is 15.5 Å². The maximum atomic E-state index is 11.7. The minimum absolute atomic E-state index is 0.0208. The van der Waals surface area contributed by atoms with Gasteiger partial charge in [-0.3, -0.25) is 9.89 Å². The van der Waals surface area contributed by atoms with E-state index in [9.17, 15) is 9.59 Å². The number of hydrogen-bond donors (Lipinski definition) is 3. The maximum absolute atomic E-state index is 11.7. The Morgan fingerprint density at radius 2 is 1.82 bits per heavy atom. The highest BCUT2D eigenvalue weighted by Crippen LogP contribution is 2.15. The molecule has 6 heteroatoms. The van der Waals surface area contributed by atoms with Crippen molar-refractivity contribution in [3.05, 3.63) is 22.4 Å². The first-order valence-corrected chi connectivity index (χ1v) is 5.08. The number of aromatic amines is 1. The van der Waals surface area contributed by atoms with Crippen LogP contribution in [0.15, 0.2) is 11.1 Å². The van der Waals surface area contributed by atoms with Crippen LogP contribution in [-0.2, 0) is 9.59 Å². The van der Waals surface area contributed by atoms with E-state index in [4.69, 9.17) is 5.11 Å². The number of aryl methyl sites for hydroxylation is 1. The summed E-state index contributed by atoms with van der Waals surface area (Å²) in [5.74, 6) is -1.14. The molecule has 0 fully saturated rings. The molecule has 0 aliphatic carbocycles. The van der Waals surface area contributed by atoms with Crippen molar-refractivity contribution in [2.24, 2.45) is 0 Å². The number of amides is 1. The maximum Gasteiger partial charge on any atom is 0.331 e. The summed E-state index contributed by atoms with van der Waals surface area (Å²) in [4.78, 5) is 22.4. The highest BCUT2D eigenvalue weighted by molar-refractivity contribution is 6.07. The van der Waals surface area contributed by atoms with Crippen LogP contribution in [0.4, 0.5) is 5.82 Å². The first-order valence-electron chi connectivity index (χ1n) is 5.08. The van der Waals surface area contributed by atoms with E-state index in [0.29, 0.717) is 5.82 Å². The van der Waals surface area contributed by atoms with Crippen LogP contribution in [0.5, 0.6) is 0 Å². The van der Waals surface area contributed by atoms with E-state index in [-0.39, 0.29) is 11.1 Å². The summed E-state index contributed by atoms with van der Waals surface area (Å²) >= 11 is 0. The van der Waals surface area contributed by atoms with Crippen molar-refractivity contribution >= 4 is 17.7 Å². The normalized spacial score (nSPS) is 12.0. The van der Waals surface area contributed by atoms with Gasteiger partial charge in [0.15, 0.2) is 5.82 Å². The number of anilines is 1. The van der Waals surface area contributed by atoms with Gasteiger partial charge in [-0.05, 0) is 27.7 Å². The summed E-state index contributed by atoms with van der Waals surface area (Å²) in [5, 5.41) is 18.0. The highest BCUT2D eigenvalue weighted by atomic mass is 16.4. The number of aliphatic carboxylic acids is 1. The van der Waals surface area contributed by atoms with Crippen molar-refractivity contribution < 1.29 is 14.7 Å². The van der Waals surface area contributed by atoms with E-state index < -0.39 is 11.9 Å². The number of rotatable bonds is 3. The lowest BCUT2D eigenvalue weighted by atomic mass is 10.1. The number of carbonyl (C=O) groups is 2. The van der Waals surface area contributed by atoms with Crippen molar-refractivity contribution in [1.29, 1.82) is 0 Å². The average molecular weight is 237 g/mol. The van der Waals surface area contributed by atoms with Crippen LogP contribution in [0, 0.1) is 13.8 Å². The van der Waals surface area contributed by atoms with E-state index in [1.54, 1.807) is 0 Å². The number of carbonyl (C=O) groups excluding carboxylic acids is 1. The van der Waals surface area contributed by atoms with Crippen LogP contribution in [0.3, 0.4) is 0 Å². The zero-order valence-corrected chi connectivity index (χ0v) is 10.2. The lowest BCUT2D eigenvalue weighted by molar-refractivity contribution is -0.133. The Morgan fingerprint density at radius 1 is 1.24 bits per heavy atom.